The zero-order chi connectivity index (χ0) is 17.5. The van der Waals surface area contributed by atoms with Crippen molar-refractivity contribution in [3.05, 3.63) is 30.1 Å². The van der Waals surface area contributed by atoms with Crippen molar-refractivity contribution in [2.45, 2.75) is 30.3 Å². The van der Waals surface area contributed by atoms with Gasteiger partial charge >= 0.3 is 0 Å². The van der Waals surface area contributed by atoms with Crippen LogP contribution in [0.2, 0.25) is 0 Å². The molecule has 2 fully saturated rings. The first-order valence-electron chi connectivity index (χ1n) is 7.59. The maximum atomic E-state index is 13.3. The fourth-order valence-corrected chi connectivity index (χ4v) is 4.75. The normalized spacial score (nSPS) is 24.8. The van der Waals surface area contributed by atoms with Crippen LogP contribution >= 0.6 is 0 Å². The molecule has 1 N–H and O–H groups in total. The highest BCUT2D eigenvalue weighted by molar-refractivity contribution is 7.89. The minimum absolute atomic E-state index is 0.140. The van der Waals surface area contributed by atoms with E-state index in [1.807, 2.05) is 0 Å². The van der Waals surface area contributed by atoms with Crippen molar-refractivity contribution >= 4 is 21.8 Å². The lowest BCUT2D eigenvalue weighted by atomic mass is 10.1. The number of carbonyl (C=O) groups excluding carboxylic acids is 2. The van der Waals surface area contributed by atoms with E-state index in [1.165, 1.54) is 19.1 Å². The van der Waals surface area contributed by atoms with Crippen molar-refractivity contribution < 1.29 is 22.4 Å². The van der Waals surface area contributed by atoms with E-state index in [1.54, 1.807) is 4.90 Å². The smallest absolute Gasteiger partial charge is 0.243 e. The summed E-state index contributed by atoms with van der Waals surface area (Å²) in [5, 5.41) is 2.76. The van der Waals surface area contributed by atoms with Gasteiger partial charge in [-0.1, -0.05) is 6.07 Å². The zero-order valence-corrected chi connectivity index (χ0v) is 13.9. The van der Waals surface area contributed by atoms with E-state index in [2.05, 4.69) is 5.32 Å². The quantitative estimate of drug-likeness (QED) is 0.823. The molecule has 2 amide bonds. The van der Waals surface area contributed by atoms with E-state index in [9.17, 15) is 22.4 Å². The van der Waals surface area contributed by atoms with Crippen LogP contribution in [0.3, 0.4) is 0 Å². The Kier molecular flexibility index (Phi) is 4.31. The molecule has 0 saturated carbocycles. The Morgan fingerprint density at radius 1 is 1.33 bits per heavy atom. The molecule has 1 aromatic rings. The number of halogens is 1. The van der Waals surface area contributed by atoms with Gasteiger partial charge in [0, 0.05) is 32.1 Å². The average molecular weight is 355 g/mol. The summed E-state index contributed by atoms with van der Waals surface area (Å²) < 4.78 is 39.7. The lowest BCUT2D eigenvalue weighted by molar-refractivity contribution is -0.135. The molecule has 3 rings (SSSR count). The molecule has 7 nitrogen and oxygen atoms in total. The van der Waals surface area contributed by atoms with Gasteiger partial charge in [0.2, 0.25) is 21.8 Å². The third-order valence-electron chi connectivity index (χ3n) is 4.30. The standard InChI is InChI=1S/C15H18FN3O4S/c1-10(20)17-12-6-13-8-18(9-15(21)19(13)7-12)24(22,23)14-4-2-3-11(16)5-14/h2-5,12-13H,6-9H2,1H3,(H,17,20)/t12-,13-/m0/s1. The molecule has 0 aromatic heterocycles. The Balaban J connectivity index is 1.80. The van der Waals surface area contributed by atoms with Crippen molar-refractivity contribution in [3.63, 3.8) is 0 Å². The van der Waals surface area contributed by atoms with Gasteiger partial charge in [0.15, 0.2) is 0 Å². The Hall–Kier alpha value is -2.00. The minimum atomic E-state index is -3.94. The molecule has 2 atom stereocenters. The average Bonchev–Trinajstić information content (AvgIpc) is 2.89. The second-order valence-electron chi connectivity index (χ2n) is 6.09. The molecule has 2 aliphatic heterocycles. The highest BCUT2D eigenvalue weighted by Gasteiger charge is 2.43. The molecular weight excluding hydrogens is 337 g/mol. The molecule has 9 heteroatoms. The van der Waals surface area contributed by atoms with Gasteiger partial charge in [-0.05, 0) is 24.6 Å². The fourth-order valence-electron chi connectivity index (χ4n) is 3.29. The number of sulfonamides is 1. The fraction of sp³-hybridized carbons (Fsp3) is 0.467. The maximum absolute atomic E-state index is 13.3. The molecule has 2 saturated heterocycles. The summed E-state index contributed by atoms with van der Waals surface area (Å²) >= 11 is 0. The number of hydrogen-bond donors (Lipinski definition) is 1. The molecular formula is C15H18FN3O4S. The second kappa shape index (κ2) is 6.14. The van der Waals surface area contributed by atoms with Gasteiger partial charge in [-0.25, -0.2) is 12.8 Å². The van der Waals surface area contributed by atoms with Crippen LogP contribution < -0.4 is 5.32 Å². The molecule has 1 aromatic carbocycles. The summed E-state index contributed by atoms with van der Waals surface area (Å²) in [4.78, 5) is 24.9. The van der Waals surface area contributed by atoms with Crippen LogP contribution in [0, 0.1) is 5.82 Å². The van der Waals surface area contributed by atoms with E-state index in [-0.39, 0.29) is 41.9 Å². The molecule has 0 aliphatic carbocycles. The topological polar surface area (TPSA) is 86.8 Å². The first-order valence-corrected chi connectivity index (χ1v) is 9.03. The highest BCUT2D eigenvalue weighted by atomic mass is 32.2. The molecule has 2 heterocycles. The van der Waals surface area contributed by atoms with Gasteiger partial charge in [0.25, 0.3) is 0 Å². The molecule has 130 valence electrons. The van der Waals surface area contributed by atoms with Gasteiger partial charge in [-0.15, -0.1) is 0 Å². The minimum Gasteiger partial charge on any atom is -0.352 e. The monoisotopic (exact) mass is 355 g/mol. The Morgan fingerprint density at radius 3 is 2.75 bits per heavy atom. The number of fused-ring (bicyclic) bond motifs is 1. The van der Waals surface area contributed by atoms with Gasteiger partial charge in [0.05, 0.1) is 11.4 Å². The molecule has 2 aliphatic rings. The van der Waals surface area contributed by atoms with E-state index in [0.717, 1.165) is 16.4 Å². The number of rotatable bonds is 3. The van der Waals surface area contributed by atoms with Gasteiger partial charge in [-0.3, -0.25) is 9.59 Å². The van der Waals surface area contributed by atoms with Crippen LogP contribution in [0.1, 0.15) is 13.3 Å². The first-order chi connectivity index (χ1) is 11.3. The molecule has 0 spiro atoms. The van der Waals surface area contributed by atoms with Crippen LogP contribution in [0.15, 0.2) is 29.2 Å². The van der Waals surface area contributed by atoms with Crippen molar-refractivity contribution in [1.29, 1.82) is 0 Å². The predicted octanol–water partition coefficient (Wildman–Crippen LogP) is -0.0644. The van der Waals surface area contributed by atoms with Crippen LogP contribution in [0.5, 0.6) is 0 Å². The third kappa shape index (κ3) is 3.13. The summed E-state index contributed by atoms with van der Waals surface area (Å²) in [6.07, 6.45) is 0.500. The van der Waals surface area contributed by atoms with Crippen molar-refractivity contribution in [2.75, 3.05) is 19.6 Å². The van der Waals surface area contributed by atoms with E-state index in [0.29, 0.717) is 13.0 Å². The number of benzene rings is 1. The van der Waals surface area contributed by atoms with Crippen LogP contribution in [-0.2, 0) is 19.6 Å². The van der Waals surface area contributed by atoms with Crippen molar-refractivity contribution in [2.24, 2.45) is 0 Å². The van der Waals surface area contributed by atoms with Gasteiger partial charge in [-0.2, -0.15) is 4.31 Å². The number of nitrogens with one attached hydrogen (secondary N) is 1. The van der Waals surface area contributed by atoms with E-state index in [4.69, 9.17) is 0 Å². The molecule has 0 unspecified atom stereocenters. The first kappa shape index (κ1) is 16.8. The number of hydrogen-bond acceptors (Lipinski definition) is 4. The van der Waals surface area contributed by atoms with E-state index >= 15 is 0 Å². The lowest BCUT2D eigenvalue weighted by Crippen LogP contribution is -2.55. The summed E-state index contributed by atoms with van der Waals surface area (Å²) in [7, 11) is -3.94. The molecule has 0 radical (unpaired) electrons. The summed E-state index contributed by atoms with van der Waals surface area (Å²) in [6, 6.07) is 4.28. The number of amides is 2. The third-order valence-corrected chi connectivity index (χ3v) is 6.11. The van der Waals surface area contributed by atoms with Gasteiger partial charge < -0.3 is 10.2 Å². The summed E-state index contributed by atoms with van der Waals surface area (Å²) in [5.74, 6) is -1.14. The molecule has 0 bridgehead atoms. The zero-order valence-electron chi connectivity index (χ0n) is 13.1. The largest absolute Gasteiger partial charge is 0.352 e. The highest BCUT2D eigenvalue weighted by Crippen LogP contribution is 2.27. The summed E-state index contributed by atoms with van der Waals surface area (Å²) in [6.45, 7) is 1.65. The lowest BCUT2D eigenvalue weighted by Gasteiger charge is -2.36. The SMILES string of the molecule is CC(=O)N[C@H]1C[C@H]2CN(S(=O)(=O)c3cccc(F)c3)CC(=O)N2C1. The Labute approximate surface area is 139 Å². The Morgan fingerprint density at radius 2 is 2.08 bits per heavy atom. The maximum Gasteiger partial charge on any atom is 0.243 e. The van der Waals surface area contributed by atoms with Crippen LogP contribution in [0.25, 0.3) is 0 Å². The van der Waals surface area contributed by atoms with Crippen molar-refractivity contribution in [1.82, 2.24) is 14.5 Å². The Bertz CT molecular complexity index is 783. The summed E-state index contributed by atoms with van der Waals surface area (Å²) in [5.41, 5.74) is 0. The number of piperazine rings is 1. The van der Waals surface area contributed by atoms with Crippen LogP contribution in [-0.4, -0.2) is 61.2 Å². The van der Waals surface area contributed by atoms with Crippen LogP contribution in [0.4, 0.5) is 4.39 Å². The van der Waals surface area contributed by atoms with E-state index < -0.39 is 15.8 Å². The predicted molar refractivity (Wildman–Crippen MR) is 82.9 cm³/mol. The molecule has 24 heavy (non-hydrogen) atoms. The van der Waals surface area contributed by atoms with Crippen molar-refractivity contribution in [3.8, 4) is 0 Å². The second-order valence-corrected chi connectivity index (χ2v) is 8.03. The number of carbonyl (C=O) groups is 2. The van der Waals surface area contributed by atoms with Gasteiger partial charge in [0.1, 0.15) is 5.82 Å². The number of nitrogens with zero attached hydrogens (tertiary/aromatic N) is 2.